The molecule has 4 nitrogen and oxygen atoms in total. The fourth-order valence-corrected chi connectivity index (χ4v) is 2.86. The highest BCUT2D eigenvalue weighted by Crippen LogP contribution is 2.35. The second-order valence-corrected chi connectivity index (χ2v) is 4.77. The summed E-state index contributed by atoms with van der Waals surface area (Å²) in [4.78, 5) is 14.5. The Morgan fingerprint density at radius 2 is 2.19 bits per heavy atom. The zero-order valence-corrected chi connectivity index (χ0v) is 9.33. The van der Waals surface area contributed by atoms with Gasteiger partial charge in [0.05, 0.1) is 11.6 Å². The fourth-order valence-electron chi connectivity index (χ4n) is 1.76. The van der Waals surface area contributed by atoms with Gasteiger partial charge in [0.15, 0.2) is 0 Å². The lowest BCUT2D eigenvalue weighted by Crippen LogP contribution is -2.30. The lowest BCUT2D eigenvalue weighted by atomic mass is 10.2. The predicted molar refractivity (Wildman–Crippen MR) is 63.8 cm³/mol. The lowest BCUT2D eigenvalue weighted by Gasteiger charge is -2.08. The van der Waals surface area contributed by atoms with E-state index >= 15 is 0 Å². The van der Waals surface area contributed by atoms with E-state index in [1.165, 1.54) is 0 Å². The van der Waals surface area contributed by atoms with Crippen LogP contribution in [0.3, 0.4) is 0 Å². The summed E-state index contributed by atoms with van der Waals surface area (Å²) in [5, 5.41) is 0. The molecule has 2 N–H and O–H groups in total. The van der Waals surface area contributed by atoms with Gasteiger partial charge in [-0.3, -0.25) is 9.69 Å². The molecule has 0 bridgehead atoms. The van der Waals surface area contributed by atoms with Gasteiger partial charge in [-0.1, -0.05) is 42.1 Å². The van der Waals surface area contributed by atoms with E-state index < -0.39 is 0 Å². The van der Waals surface area contributed by atoms with E-state index in [0.717, 1.165) is 10.5 Å². The normalized spacial score (nSPS) is 26.5. The average molecular weight is 233 g/mol. The quantitative estimate of drug-likeness (QED) is 0.709. The first-order valence-electron chi connectivity index (χ1n) is 5.07. The van der Waals surface area contributed by atoms with Crippen molar-refractivity contribution < 1.29 is 4.79 Å². The number of thioether (sulfide) groups is 1. The first kappa shape index (κ1) is 9.89. The number of fused-ring (bicyclic) bond motifs is 1. The zero-order valence-electron chi connectivity index (χ0n) is 8.51. The zero-order chi connectivity index (χ0) is 11.0. The van der Waals surface area contributed by atoms with Crippen molar-refractivity contribution in [3.05, 3.63) is 40.8 Å². The molecule has 0 aliphatic carbocycles. The number of hydrogen-bond acceptors (Lipinski definition) is 4. The van der Waals surface area contributed by atoms with Crippen molar-refractivity contribution in [2.45, 2.75) is 5.50 Å². The summed E-state index contributed by atoms with van der Waals surface area (Å²) in [5.74, 6) is 0.0938. The van der Waals surface area contributed by atoms with E-state index in [1.54, 1.807) is 16.7 Å². The molecule has 2 saturated heterocycles. The minimum Gasteiger partial charge on any atom is -0.298 e. The molecule has 1 unspecified atom stereocenters. The highest BCUT2D eigenvalue weighted by Gasteiger charge is 2.38. The molecule has 1 atom stereocenters. The molecule has 82 valence electrons. The second-order valence-electron chi connectivity index (χ2n) is 3.64. The molecule has 0 aromatic heterocycles. The Morgan fingerprint density at radius 1 is 1.38 bits per heavy atom. The summed E-state index contributed by atoms with van der Waals surface area (Å²) < 4.78 is 0. The number of rotatable bonds is 1. The van der Waals surface area contributed by atoms with Gasteiger partial charge in [-0.25, -0.2) is 10.9 Å². The summed E-state index contributed by atoms with van der Waals surface area (Å²) in [6, 6.07) is 9.90. The third-order valence-corrected chi connectivity index (χ3v) is 3.71. The number of benzene rings is 1. The van der Waals surface area contributed by atoms with Crippen molar-refractivity contribution in [3.8, 4) is 0 Å². The summed E-state index contributed by atoms with van der Waals surface area (Å²) in [5.41, 5.74) is 7.09. The SMILES string of the molecule is O=C1C(=Cc2ccccc2)SC2NNCN12. The van der Waals surface area contributed by atoms with Gasteiger partial charge in [-0.2, -0.15) is 0 Å². The molecule has 16 heavy (non-hydrogen) atoms. The molecule has 1 aromatic rings. The minimum atomic E-state index is 0.0439. The Morgan fingerprint density at radius 3 is 2.94 bits per heavy atom. The van der Waals surface area contributed by atoms with Crippen LogP contribution >= 0.6 is 11.8 Å². The first-order chi connectivity index (χ1) is 7.84. The van der Waals surface area contributed by atoms with Crippen LogP contribution in [0.2, 0.25) is 0 Å². The molecular formula is C11H11N3OS. The van der Waals surface area contributed by atoms with Gasteiger partial charge in [0.25, 0.3) is 5.91 Å². The molecule has 0 radical (unpaired) electrons. The van der Waals surface area contributed by atoms with Crippen LogP contribution in [-0.2, 0) is 4.79 Å². The maximum absolute atomic E-state index is 11.9. The van der Waals surface area contributed by atoms with E-state index in [2.05, 4.69) is 10.9 Å². The van der Waals surface area contributed by atoms with Crippen molar-refractivity contribution in [2.75, 3.05) is 6.67 Å². The number of nitrogens with zero attached hydrogens (tertiary/aromatic N) is 1. The molecule has 2 aliphatic heterocycles. The Hall–Kier alpha value is -1.30. The largest absolute Gasteiger partial charge is 0.298 e. The number of nitrogens with one attached hydrogen (secondary N) is 2. The summed E-state index contributed by atoms with van der Waals surface area (Å²) in [6.07, 6.45) is 1.94. The maximum Gasteiger partial charge on any atom is 0.263 e. The number of hydrogen-bond donors (Lipinski definition) is 2. The summed E-state index contributed by atoms with van der Waals surface area (Å²) in [6.45, 7) is 0.572. The maximum atomic E-state index is 11.9. The predicted octanol–water partition coefficient (Wildman–Crippen LogP) is 0.952. The average Bonchev–Trinajstić information content (AvgIpc) is 2.86. The highest BCUT2D eigenvalue weighted by molar-refractivity contribution is 8.05. The Kier molecular flexibility index (Phi) is 2.43. The van der Waals surface area contributed by atoms with Crippen molar-refractivity contribution >= 4 is 23.7 Å². The highest BCUT2D eigenvalue weighted by atomic mass is 32.2. The molecule has 1 amide bonds. The van der Waals surface area contributed by atoms with Crippen LogP contribution in [0.5, 0.6) is 0 Å². The van der Waals surface area contributed by atoms with Crippen LogP contribution in [0.25, 0.3) is 6.08 Å². The third kappa shape index (κ3) is 1.63. The molecule has 3 rings (SSSR count). The topological polar surface area (TPSA) is 44.4 Å². The summed E-state index contributed by atoms with van der Waals surface area (Å²) >= 11 is 1.55. The van der Waals surface area contributed by atoms with Gasteiger partial charge in [0.2, 0.25) is 0 Å². The fraction of sp³-hybridized carbons (Fsp3) is 0.182. The van der Waals surface area contributed by atoms with Gasteiger partial charge < -0.3 is 0 Å². The molecule has 2 aliphatic rings. The molecule has 0 saturated carbocycles. The van der Waals surface area contributed by atoms with Gasteiger partial charge in [-0.05, 0) is 11.6 Å². The van der Waals surface area contributed by atoms with E-state index in [4.69, 9.17) is 0 Å². The van der Waals surface area contributed by atoms with E-state index in [1.807, 2.05) is 36.4 Å². The van der Waals surface area contributed by atoms with E-state index in [9.17, 15) is 4.79 Å². The van der Waals surface area contributed by atoms with Crippen LogP contribution in [0.4, 0.5) is 0 Å². The Balaban J connectivity index is 1.87. The van der Waals surface area contributed by atoms with Crippen LogP contribution in [-0.4, -0.2) is 23.0 Å². The minimum absolute atomic E-state index is 0.0439. The van der Waals surface area contributed by atoms with Crippen LogP contribution in [0, 0.1) is 0 Å². The first-order valence-corrected chi connectivity index (χ1v) is 5.95. The molecule has 1 aromatic carbocycles. The smallest absolute Gasteiger partial charge is 0.263 e. The monoisotopic (exact) mass is 233 g/mol. The molecule has 5 heteroatoms. The molecular weight excluding hydrogens is 222 g/mol. The Labute approximate surface area is 97.7 Å². The number of carbonyl (C=O) groups is 1. The Bertz CT molecular complexity index is 446. The second kappa shape index (κ2) is 3.93. The summed E-state index contributed by atoms with van der Waals surface area (Å²) in [7, 11) is 0. The third-order valence-electron chi connectivity index (χ3n) is 2.57. The number of carbonyl (C=O) groups excluding carboxylic acids is 1. The number of hydrazine groups is 1. The van der Waals surface area contributed by atoms with Crippen LogP contribution in [0.15, 0.2) is 35.2 Å². The van der Waals surface area contributed by atoms with Crippen LogP contribution < -0.4 is 10.9 Å². The van der Waals surface area contributed by atoms with Crippen molar-refractivity contribution in [2.24, 2.45) is 0 Å². The van der Waals surface area contributed by atoms with Gasteiger partial charge in [0, 0.05) is 0 Å². The lowest BCUT2D eigenvalue weighted by molar-refractivity contribution is -0.125. The van der Waals surface area contributed by atoms with Gasteiger partial charge in [-0.15, -0.1) is 0 Å². The van der Waals surface area contributed by atoms with Crippen LogP contribution in [0.1, 0.15) is 5.56 Å². The van der Waals surface area contributed by atoms with Gasteiger partial charge in [0.1, 0.15) is 5.50 Å². The molecule has 0 spiro atoms. The standard InChI is InChI=1S/C11H11N3OS/c15-10-9(6-8-4-2-1-3-5-8)16-11-13-12-7-14(10)11/h1-6,11-13H,7H2. The van der Waals surface area contributed by atoms with E-state index in [-0.39, 0.29) is 11.4 Å². The number of amides is 1. The van der Waals surface area contributed by atoms with Crippen molar-refractivity contribution in [1.82, 2.24) is 15.8 Å². The van der Waals surface area contributed by atoms with E-state index in [0.29, 0.717) is 6.67 Å². The van der Waals surface area contributed by atoms with Crippen molar-refractivity contribution in [3.63, 3.8) is 0 Å². The van der Waals surface area contributed by atoms with Crippen molar-refractivity contribution in [1.29, 1.82) is 0 Å². The van der Waals surface area contributed by atoms with Gasteiger partial charge >= 0.3 is 0 Å². The molecule has 2 heterocycles. The molecule has 2 fully saturated rings.